The van der Waals surface area contributed by atoms with Crippen LogP contribution in [0.4, 0.5) is 0 Å². The van der Waals surface area contributed by atoms with Crippen LogP contribution in [0, 0.1) is 0 Å². The first kappa shape index (κ1) is 18.0. The third-order valence-corrected chi connectivity index (χ3v) is 7.61. The third kappa shape index (κ3) is 2.91. The Morgan fingerprint density at radius 1 is 1.19 bits per heavy atom. The van der Waals surface area contributed by atoms with Gasteiger partial charge in [-0.2, -0.15) is 0 Å². The van der Waals surface area contributed by atoms with Crippen molar-refractivity contribution in [3.05, 3.63) is 60.0 Å². The van der Waals surface area contributed by atoms with Gasteiger partial charge in [0.1, 0.15) is 4.75 Å². The van der Waals surface area contributed by atoms with Gasteiger partial charge in [0.15, 0.2) is 6.29 Å². The van der Waals surface area contributed by atoms with E-state index in [2.05, 4.69) is 4.90 Å². The maximum atomic E-state index is 13.6. The third-order valence-electron chi connectivity index (χ3n) is 5.33. The minimum Gasteiger partial charge on any atom is -0.378 e. The Kier molecular flexibility index (Phi) is 4.44. The number of para-hydroxylation sites is 1. The second kappa shape index (κ2) is 6.65. The summed E-state index contributed by atoms with van der Waals surface area (Å²) in [6.45, 7) is 4.50. The highest BCUT2D eigenvalue weighted by Gasteiger charge is 2.40. The van der Waals surface area contributed by atoms with Crippen molar-refractivity contribution in [2.75, 3.05) is 26.3 Å². The van der Waals surface area contributed by atoms with E-state index >= 15 is 0 Å². The molecule has 1 aromatic carbocycles. The summed E-state index contributed by atoms with van der Waals surface area (Å²) in [5.41, 5.74) is 1.81. The molecule has 1 fully saturated rings. The number of carbonyl (C=O) groups excluding carboxylic acids is 1. The Morgan fingerprint density at radius 3 is 2.67 bits per heavy atom. The molecule has 7 heteroatoms. The number of aromatic nitrogens is 1. The molecular formula is C20H22N2O4S. The van der Waals surface area contributed by atoms with Crippen LogP contribution in [-0.4, -0.2) is 54.6 Å². The van der Waals surface area contributed by atoms with Crippen molar-refractivity contribution in [1.29, 1.82) is 0 Å². The average Bonchev–Trinajstić information content (AvgIpc) is 3.08. The summed E-state index contributed by atoms with van der Waals surface area (Å²) in [5, 5.41) is 0.642. The largest absolute Gasteiger partial charge is 0.378 e. The molecule has 0 amide bonds. The number of fused-ring (bicyclic) bond motifs is 1. The van der Waals surface area contributed by atoms with E-state index in [0.29, 0.717) is 42.4 Å². The zero-order valence-electron chi connectivity index (χ0n) is 15.2. The Hall–Kier alpha value is -2.38. The molecule has 1 unspecified atom stereocenters. The summed E-state index contributed by atoms with van der Waals surface area (Å²) < 4.78 is 32.8. The molecular weight excluding hydrogens is 364 g/mol. The van der Waals surface area contributed by atoms with Gasteiger partial charge in [0.2, 0.25) is 10.0 Å². The molecule has 0 spiro atoms. The molecule has 142 valence electrons. The van der Waals surface area contributed by atoms with Crippen molar-refractivity contribution >= 4 is 27.2 Å². The van der Waals surface area contributed by atoms with E-state index in [-0.39, 0.29) is 0 Å². The molecule has 0 radical (unpaired) electrons. The molecule has 0 saturated carbocycles. The van der Waals surface area contributed by atoms with Crippen molar-refractivity contribution in [1.82, 2.24) is 8.87 Å². The predicted octanol–water partition coefficient (Wildman–Crippen LogP) is 2.57. The molecule has 1 aliphatic heterocycles. The van der Waals surface area contributed by atoms with E-state index < -0.39 is 14.8 Å². The first-order valence-electron chi connectivity index (χ1n) is 8.99. The monoisotopic (exact) mass is 386 g/mol. The summed E-state index contributed by atoms with van der Waals surface area (Å²) in [6.07, 6.45) is 8.24. The van der Waals surface area contributed by atoms with Crippen LogP contribution in [0.25, 0.3) is 10.9 Å². The van der Waals surface area contributed by atoms with Crippen LogP contribution in [0.1, 0.15) is 23.7 Å². The van der Waals surface area contributed by atoms with Gasteiger partial charge in [-0.15, -0.1) is 0 Å². The van der Waals surface area contributed by atoms with Gasteiger partial charge < -0.3 is 9.64 Å². The lowest BCUT2D eigenvalue weighted by atomic mass is 9.99. The number of morpholine rings is 1. The van der Waals surface area contributed by atoms with E-state index in [9.17, 15) is 13.2 Å². The summed E-state index contributed by atoms with van der Waals surface area (Å²) in [5.74, 6) is 0. The SMILES string of the molecule is CC1(S(=O)(=O)n2cc(C=O)c3ccccc32)C=C(N2CCOCC2)C=CC1. The van der Waals surface area contributed by atoms with Crippen molar-refractivity contribution < 1.29 is 17.9 Å². The highest BCUT2D eigenvalue weighted by molar-refractivity contribution is 7.91. The van der Waals surface area contributed by atoms with E-state index in [1.165, 1.54) is 10.2 Å². The van der Waals surface area contributed by atoms with Crippen LogP contribution in [0.3, 0.4) is 0 Å². The molecule has 2 aliphatic rings. The molecule has 2 aromatic rings. The number of carbonyl (C=O) groups is 1. The van der Waals surface area contributed by atoms with Crippen molar-refractivity contribution in [2.45, 2.75) is 18.1 Å². The Morgan fingerprint density at radius 2 is 1.93 bits per heavy atom. The number of hydrogen-bond donors (Lipinski definition) is 0. The summed E-state index contributed by atoms with van der Waals surface area (Å²) in [4.78, 5) is 13.6. The van der Waals surface area contributed by atoms with Gasteiger partial charge >= 0.3 is 0 Å². The molecule has 1 atom stereocenters. The summed E-state index contributed by atoms with van der Waals surface area (Å²) in [7, 11) is -3.78. The molecule has 2 heterocycles. The van der Waals surface area contributed by atoms with Gasteiger partial charge in [-0.1, -0.05) is 24.3 Å². The van der Waals surface area contributed by atoms with Crippen LogP contribution < -0.4 is 0 Å². The van der Waals surface area contributed by atoms with Crippen LogP contribution in [0.15, 0.2) is 54.4 Å². The summed E-state index contributed by atoms with van der Waals surface area (Å²) in [6, 6.07) is 7.08. The van der Waals surface area contributed by atoms with Crippen molar-refractivity contribution in [3.63, 3.8) is 0 Å². The standard InChI is InChI=1S/C20H22N2O4S/c1-20(8-4-5-17(13-20)21-9-11-26-12-10-21)27(24,25)22-14-16(15-23)18-6-2-3-7-19(18)22/h2-7,13-15H,8-12H2,1H3. The van der Waals surface area contributed by atoms with Gasteiger partial charge in [0, 0.05) is 35.9 Å². The second-order valence-electron chi connectivity index (χ2n) is 7.11. The predicted molar refractivity (Wildman–Crippen MR) is 104 cm³/mol. The van der Waals surface area contributed by atoms with E-state index in [1.54, 1.807) is 31.2 Å². The molecule has 1 aliphatic carbocycles. The van der Waals surface area contributed by atoms with Crippen molar-refractivity contribution in [3.8, 4) is 0 Å². The lowest BCUT2D eigenvalue weighted by Gasteiger charge is -2.35. The van der Waals surface area contributed by atoms with Gasteiger partial charge in [-0.05, 0) is 31.6 Å². The van der Waals surface area contributed by atoms with Crippen LogP contribution >= 0.6 is 0 Å². The Balaban J connectivity index is 1.81. The highest BCUT2D eigenvalue weighted by atomic mass is 32.2. The van der Waals surface area contributed by atoms with Crippen molar-refractivity contribution in [2.24, 2.45) is 0 Å². The molecule has 27 heavy (non-hydrogen) atoms. The van der Waals surface area contributed by atoms with E-state index in [4.69, 9.17) is 4.74 Å². The molecule has 1 aromatic heterocycles. The van der Waals surface area contributed by atoms with E-state index in [0.717, 1.165) is 18.8 Å². The fourth-order valence-electron chi connectivity index (χ4n) is 3.72. The number of hydrogen-bond acceptors (Lipinski definition) is 5. The minimum atomic E-state index is -3.78. The van der Waals surface area contributed by atoms with Gasteiger partial charge in [0.25, 0.3) is 0 Å². The van der Waals surface area contributed by atoms with Crippen LogP contribution in [0.2, 0.25) is 0 Å². The maximum Gasteiger partial charge on any atom is 0.248 e. The number of allylic oxidation sites excluding steroid dienone is 2. The fourth-order valence-corrected chi connectivity index (χ4v) is 5.42. The Labute approximate surface area is 158 Å². The smallest absolute Gasteiger partial charge is 0.248 e. The van der Waals surface area contributed by atoms with Gasteiger partial charge in [-0.3, -0.25) is 4.79 Å². The number of ether oxygens (including phenoxy) is 1. The molecule has 6 nitrogen and oxygen atoms in total. The van der Waals surface area contributed by atoms with E-state index in [1.807, 2.05) is 18.2 Å². The summed E-state index contributed by atoms with van der Waals surface area (Å²) >= 11 is 0. The topological polar surface area (TPSA) is 68.6 Å². The number of rotatable bonds is 4. The number of nitrogens with zero attached hydrogens (tertiary/aromatic N) is 2. The number of aldehydes is 1. The quantitative estimate of drug-likeness (QED) is 0.756. The minimum absolute atomic E-state index is 0.376. The lowest BCUT2D eigenvalue weighted by molar-refractivity contribution is 0.0550. The maximum absolute atomic E-state index is 13.6. The zero-order valence-corrected chi connectivity index (χ0v) is 16.0. The lowest BCUT2D eigenvalue weighted by Crippen LogP contribution is -2.42. The molecule has 1 saturated heterocycles. The first-order chi connectivity index (χ1) is 13.0. The van der Waals surface area contributed by atoms with Gasteiger partial charge in [-0.25, -0.2) is 12.4 Å². The molecule has 0 bridgehead atoms. The first-order valence-corrected chi connectivity index (χ1v) is 10.4. The van der Waals surface area contributed by atoms with Gasteiger partial charge in [0.05, 0.1) is 18.7 Å². The fraction of sp³-hybridized carbons (Fsp3) is 0.350. The zero-order chi connectivity index (χ0) is 19.1. The highest BCUT2D eigenvalue weighted by Crippen LogP contribution is 2.34. The Bertz CT molecular complexity index is 1050. The normalized spacial score (nSPS) is 23.4. The molecule has 4 rings (SSSR count). The van der Waals surface area contributed by atoms with Crippen LogP contribution in [0.5, 0.6) is 0 Å². The number of benzene rings is 1. The second-order valence-corrected chi connectivity index (χ2v) is 9.38. The molecule has 0 N–H and O–H groups in total. The van der Waals surface area contributed by atoms with Crippen LogP contribution in [-0.2, 0) is 14.8 Å². The average molecular weight is 386 g/mol.